The third-order valence-electron chi connectivity index (χ3n) is 4.01. The van der Waals surface area contributed by atoms with E-state index in [1.807, 2.05) is 13.8 Å². The molecule has 0 aromatic heterocycles. The predicted molar refractivity (Wildman–Crippen MR) is 74.5 cm³/mol. The molecule has 1 fully saturated rings. The zero-order valence-corrected chi connectivity index (χ0v) is 12.6. The summed E-state index contributed by atoms with van der Waals surface area (Å²) < 4.78 is 4.72. The van der Waals surface area contributed by atoms with Crippen molar-refractivity contribution in [1.82, 2.24) is 5.32 Å². The largest absolute Gasteiger partial charge is 0.467 e. The van der Waals surface area contributed by atoms with Crippen molar-refractivity contribution in [2.24, 2.45) is 11.3 Å². The van der Waals surface area contributed by atoms with Gasteiger partial charge in [-0.15, -0.1) is 0 Å². The Bertz CT molecular complexity index is 390. The first kappa shape index (κ1) is 16.5. The van der Waals surface area contributed by atoms with Gasteiger partial charge in [0.25, 0.3) is 0 Å². The van der Waals surface area contributed by atoms with Gasteiger partial charge in [0, 0.05) is 0 Å². The first-order valence-corrected chi connectivity index (χ1v) is 7.27. The topological polar surface area (TPSA) is 79.2 Å². The summed E-state index contributed by atoms with van der Waals surface area (Å²) in [7, 11) is 1.30. The average molecular weight is 280 g/mol. The Morgan fingerprint density at radius 2 is 1.75 bits per heavy atom. The number of hydrogen-bond acceptors (Lipinski definition) is 4. The minimum absolute atomic E-state index is 0.0760. The molecule has 1 aliphatic rings. The molecule has 1 rings (SSSR count). The van der Waals surface area contributed by atoms with Crippen molar-refractivity contribution in [3.05, 3.63) is 0 Å². The van der Waals surface area contributed by atoms with Crippen molar-refractivity contribution in [3.63, 3.8) is 0 Å². The van der Waals surface area contributed by atoms with Gasteiger partial charge < -0.3 is 10.1 Å². The Kier molecular flexibility index (Phi) is 6.00. The monoisotopic (exact) mass is 280 g/mol. The maximum Gasteiger partial charge on any atom is 0.328 e. The van der Waals surface area contributed by atoms with E-state index in [-0.39, 0.29) is 11.8 Å². The van der Waals surface area contributed by atoms with Crippen LogP contribution in [0.5, 0.6) is 0 Å². The summed E-state index contributed by atoms with van der Waals surface area (Å²) in [5, 5.41) is 12.2. The van der Waals surface area contributed by atoms with Crippen LogP contribution in [0.25, 0.3) is 0 Å². The lowest BCUT2D eigenvalue weighted by molar-refractivity contribution is -0.147. The number of esters is 1. The van der Waals surface area contributed by atoms with Crippen LogP contribution in [0.3, 0.4) is 0 Å². The van der Waals surface area contributed by atoms with E-state index in [9.17, 15) is 14.9 Å². The lowest BCUT2D eigenvalue weighted by atomic mass is 9.80. The van der Waals surface area contributed by atoms with Crippen LogP contribution < -0.4 is 5.32 Å². The van der Waals surface area contributed by atoms with Gasteiger partial charge >= 0.3 is 5.97 Å². The fourth-order valence-corrected chi connectivity index (χ4v) is 2.63. The third-order valence-corrected chi connectivity index (χ3v) is 4.01. The number of methoxy groups -OCH3 is 1. The summed E-state index contributed by atoms with van der Waals surface area (Å²) in [6.45, 7) is 3.68. The van der Waals surface area contributed by atoms with E-state index in [0.717, 1.165) is 25.7 Å². The van der Waals surface area contributed by atoms with Crippen LogP contribution in [-0.2, 0) is 14.3 Å². The summed E-state index contributed by atoms with van der Waals surface area (Å²) in [6, 6.07) is 1.50. The van der Waals surface area contributed by atoms with E-state index in [2.05, 4.69) is 11.4 Å². The highest BCUT2D eigenvalue weighted by atomic mass is 16.5. The maximum atomic E-state index is 12.5. The number of amides is 1. The molecule has 0 radical (unpaired) electrons. The van der Waals surface area contributed by atoms with Gasteiger partial charge in [-0.05, 0) is 18.8 Å². The number of nitrogens with zero attached hydrogens (tertiary/aromatic N) is 1. The van der Waals surface area contributed by atoms with E-state index >= 15 is 0 Å². The number of hydrogen-bond donors (Lipinski definition) is 1. The highest BCUT2D eigenvalue weighted by molar-refractivity contribution is 5.90. The number of carbonyl (C=O) groups is 2. The van der Waals surface area contributed by atoms with Crippen molar-refractivity contribution >= 4 is 11.9 Å². The Morgan fingerprint density at radius 3 is 2.15 bits per heavy atom. The van der Waals surface area contributed by atoms with Crippen molar-refractivity contribution < 1.29 is 14.3 Å². The highest BCUT2D eigenvalue weighted by Gasteiger charge is 2.41. The predicted octanol–water partition coefficient (Wildman–Crippen LogP) is 2.16. The molecule has 20 heavy (non-hydrogen) atoms. The normalized spacial score (nSPS) is 19.6. The van der Waals surface area contributed by atoms with Crippen molar-refractivity contribution in [3.8, 4) is 6.07 Å². The molecule has 0 spiro atoms. The molecular weight excluding hydrogens is 256 g/mol. The fraction of sp³-hybridized carbons (Fsp3) is 0.800. The molecule has 5 heteroatoms. The molecule has 112 valence electrons. The Labute approximate surface area is 120 Å². The molecule has 0 aliphatic heterocycles. The van der Waals surface area contributed by atoms with Gasteiger partial charge in [-0.2, -0.15) is 5.26 Å². The van der Waals surface area contributed by atoms with Crippen LogP contribution in [-0.4, -0.2) is 25.0 Å². The quantitative estimate of drug-likeness (QED) is 0.632. The molecule has 1 N–H and O–H groups in total. The molecule has 1 amide bonds. The first-order chi connectivity index (χ1) is 9.46. The van der Waals surface area contributed by atoms with Gasteiger partial charge in [-0.3, -0.25) is 4.79 Å². The Balaban J connectivity index is 2.85. The van der Waals surface area contributed by atoms with Gasteiger partial charge in [-0.25, -0.2) is 4.79 Å². The Hall–Kier alpha value is -1.57. The van der Waals surface area contributed by atoms with E-state index in [4.69, 9.17) is 4.74 Å². The molecule has 0 saturated heterocycles. The van der Waals surface area contributed by atoms with E-state index in [1.165, 1.54) is 7.11 Å². The van der Waals surface area contributed by atoms with Gasteiger partial charge in [0.05, 0.1) is 13.2 Å². The van der Waals surface area contributed by atoms with Gasteiger partial charge in [0.2, 0.25) is 5.91 Å². The van der Waals surface area contributed by atoms with Crippen molar-refractivity contribution in [1.29, 1.82) is 5.26 Å². The van der Waals surface area contributed by atoms with Crippen LogP contribution in [0.1, 0.15) is 52.4 Å². The highest BCUT2D eigenvalue weighted by Crippen LogP contribution is 2.35. The zero-order valence-electron chi connectivity index (χ0n) is 12.6. The molecule has 0 aromatic carbocycles. The lowest BCUT2D eigenvalue weighted by Gasteiger charge is -2.27. The van der Waals surface area contributed by atoms with Crippen LogP contribution in [0.4, 0.5) is 0 Å². The van der Waals surface area contributed by atoms with Crippen LogP contribution in [0.15, 0.2) is 0 Å². The maximum absolute atomic E-state index is 12.5. The molecule has 1 aliphatic carbocycles. The summed E-state index contributed by atoms with van der Waals surface area (Å²) in [4.78, 5) is 24.2. The number of ether oxygens (including phenoxy) is 1. The molecular formula is C15H24N2O3. The molecule has 1 saturated carbocycles. The van der Waals surface area contributed by atoms with E-state index in [0.29, 0.717) is 12.8 Å². The number of nitrogens with one attached hydrogen (secondary N) is 1. The third kappa shape index (κ3) is 3.72. The SMILES string of the molecule is COC(=O)C(NC(=O)C1(C#N)CCCCCC1)C(C)C. The second-order valence-corrected chi connectivity index (χ2v) is 5.83. The number of carbonyl (C=O) groups excluding carboxylic acids is 2. The molecule has 0 bridgehead atoms. The molecule has 1 unspecified atom stereocenters. The number of nitriles is 1. The van der Waals surface area contributed by atoms with E-state index < -0.39 is 17.4 Å². The molecule has 0 aromatic rings. The average Bonchev–Trinajstić information content (AvgIpc) is 2.69. The van der Waals surface area contributed by atoms with Gasteiger partial charge in [0.15, 0.2) is 0 Å². The zero-order chi connectivity index (χ0) is 15.2. The van der Waals surface area contributed by atoms with Gasteiger partial charge in [-0.1, -0.05) is 39.5 Å². The minimum Gasteiger partial charge on any atom is -0.467 e. The number of rotatable bonds is 4. The van der Waals surface area contributed by atoms with Crippen LogP contribution in [0.2, 0.25) is 0 Å². The summed E-state index contributed by atoms with van der Waals surface area (Å²) in [5.41, 5.74) is -0.988. The minimum atomic E-state index is -0.988. The summed E-state index contributed by atoms with van der Waals surface area (Å²) in [6.07, 6.45) is 5.02. The second-order valence-electron chi connectivity index (χ2n) is 5.83. The summed E-state index contributed by atoms with van der Waals surface area (Å²) in [5.74, 6) is -0.867. The van der Waals surface area contributed by atoms with Crippen LogP contribution in [0, 0.1) is 22.7 Å². The lowest BCUT2D eigenvalue weighted by Crippen LogP contribution is -2.50. The van der Waals surface area contributed by atoms with Crippen molar-refractivity contribution in [2.75, 3.05) is 7.11 Å². The fourth-order valence-electron chi connectivity index (χ4n) is 2.63. The smallest absolute Gasteiger partial charge is 0.328 e. The van der Waals surface area contributed by atoms with Crippen molar-refractivity contribution in [2.45, 2.75) is 58.4 Å². The summed E-state index contributed by atoms with van der Waals surface area (Å²) >= 11 is 0. The van der Waals surface area contributed by atoms with Gasteiger partial charge in [0.1, 0.15) is 11.5 Å². The Morgan fingerprint density at radius 1 is 1.20 bits per heavy atom. The molecule has 0 heterocycles. The van der Waals surface area contributed by atoms with Crippen LogP contribution >= 0.6 is 0 Å². The van der Waals surface area contributed by atoms with E-state index in [1.54, 1.807) is 0 Å². The standard InChI is InChI=1S/C15H24N2O3/c1-11(2)12(13(18)20-3)17-14(19)15(10-16)8-6-4-5-7-9-15/h11-12H,4-9H2,1-3H3,(H,17,19). The second kappa shape index (κ2) is 7.28. The molecule has 5 nitrogen and oxygen atoms in total. The molecule has 1 atom stereocenters. The first-order valence-electron chi connectivity index (χ1n) is 7.27.